The van der Waals surface area contributed by atoms with Crippen molar-refractivity contribution in [3.63, 3.8) is 0 Å². The lowest BCUT2D eigenvalue weighted by atomic mass is 10.1. The van der Waals surface area contributed by atoms with E-state index in [0.717, 1.165) is 18.4 Å². The summed E-state index contributed by atoms with van der Waals surface area (Å²) in [7, 11) is -1.45. The Morgan fingerprint density at radius 1 is 1.33 bits per heavy atom. The zero-order valence-corrected chi connectivity index (χ0v) is 13.4. The first kappa shape index (κ1) is 16.0. The van der Waals surface area contributed by atoms with E-state index < -0.39 is 9.84 Å². The van der Waals surface area contributed by atoms with Gasteiger partial charge in [-0.15, -0.1) is 0 Å². The van der Waals surface area contributed by atoms with Crippen LogP contribution in [-0.4, -0.2) is 45.2 Å². The van der Waals surface area contributed by atoms with E-state index in [1.165, 1.54) is 6.26 Å². The third-order valence-electron chi connectivity index (χ3n) is 3.92. The molecule has 1 heterocycles. The van der Waals surface area contributed by atoms with Crippen LogP contribution in [0.15, 0.2) is 29.2 Å². The van der Waals surface area contributed by atoms with Gasteiger partial charge in [-0.3, -0.25) is 4.79 Å². The van der Waals surface area contributed by atoms with Crippen molar-refractivity contribution in [1.82, 2.24) is 4.90 Å². The first-order valence-corrected chi connectivity index (χ1v) is 8.88. The molecule has 1 aliphatic rings. The van der Waals surface area contributed by atoms with Crippen LogP contribution in [0.4, 0.5) is 0 Å². The second kappa shape index (κ2) is 6.15. The lowest BCUT2D eigenvalue weighted by molar-refractivity contribution is -0.141. The van der Waals surface area contributed by atoms with Crippen LogP contribution in [0.5, 0.6) is 0 Å². The van der Waals surface area contributed by atoms with Gasteiger partial charge in [-0.25, -0.2) is 8.42 Å². The van der Waals surface area contributed by atoms with Crippen LogP contribution in [0.25, 0.3) is 0 Å². The Morgan fingerprint density at radius 2 is 1.95 bits per heavy atom. The number of amides is 1. The van der Waals surface area contributed by atoms with Crippen molar-refractivity contribution in [2.45, 2.75) is 36.8 Å². The van der Waals surface area contributed by atoms with Crippen LogP contribution >= 0.6 is 0 Å². The Balaban J connectivity index is 2.11. The van der Waals surface area contributed by atoms with Gasteiger partial charge >= 0.3 is 0 Å². The van der Waals surface area contributed by atoms with Crippen LogP contribution in [0.1, 0.15) is 31.4 Å². The largest absolute Gasteiger partial charge is 0.368 e. The number of likely N-dealkylation sites (N-methyl/N-ethyl adjacent to an activating group) is 1. The molecular formula is C15H21NO4S. The second-order valence-corrected chi connectivity index (χ2v) is 7.48. The van der Waals surface area contributed by atoms with E-state index in [9.17, 15) is 13.2 Å². The topological polar surface area (TPSA) is 63.7 Å². The molecule has 1 aromatic rings. The lowest BCUT2D eigenvalue weighted by Crippen LogP contribution is -2.37. The SMILES string of the molecule is C[C@@H](c1ccc(S(C)(=O)=O)cc1)N(C)C(=O)[C@@H]1CCCO1. The van der Waals surface area contributed by atoms with E-state index in [4.69, 9.17) is 4.74 Å². The van der Waals surface area contributed by atoms with Crippen LogP contribution < -0.4 is 0 Å². The molecule has 1 aromatic carbocycles. The number of hydrogen-bond acceptors (Lipinski definition) is 4. The van der Waals surface area contributed by atoms with Crippen molar-refractivity contribution in [2.75, 3.05) is 19.9 Å². The van der Waals surface area contributed by atoms with Gasteiger partial charge in [-0.2, -0.15) is 0 Å². The molecule has 2 rings (SSSR count). The number of carbonyl (C=O) groups is 1. The summed E-state index contributed by atoms with van der Waals surface area (Å²) >= 11 is 0. The highest BCUT2D eigenvalue weighted by Gasteiger charge is 2.29. The first-order valence-electron chi connectivity index (χ1n) is 6.99. The lowest BCUT2D eigenvalue weighted by Gasteiger charge is -2.27. The number of nitrogens with zero attached hydrogens (tertiary/aromatic N) is 1. The Bertz CT molecular complexity index is 603. The molecule has 0 unspecified atom stereocenters. The van der Waals surface area contributed by atoms with Gasteiger partial charge in [-0.05, 0) is 37.5 Å². The average molecular weight is 311 g/mol. The average Bonchev–Trinajstić information content (AvgIpc) is 2.98. The third kappa shape index (κ3) is 3.63. The summed E-state index contributed by atoms with van der Waals surface area (Å²) in [5.41, 5.74) is 0.899. The molecule has 0 N–H and O–H groups in total. The van der Waals surface area contributed by atoms with Gasteiger partial charge in [0.05, 0.1) is 10.9 Å². The molecule has 0 saturated carbocycles. The molecule has 1 saturated heterocycles. The molecule has 0 aromatic heterocycles. The van der Waals surface area contributed by atoms with Gasteiger partial charge in [0.15, 0.2) is 9.84 Å². The number of rotatable bonds is 4. The quantitative estimate of drug-likeness (QED) is 0.850. The fourth-order valence-electron chi connectivity index (χ4n) is 2.41. The summed E-state index contributed by atoms with van der Waals surface area (Å²) in [5.74, 6) is -0.0211. The highest BCUT2D eigenvalue weighted by Crippen LogP contribution is 2.23. The van der Waals surface area contributed by atoms with Crippen molar-refractivity contribution >= 4 is 15.7 Å². The summed E-state index contributed by atoms with van der Waals surface area (Å²) in [6.45, 7) is 2.56. The molecule has 0 spiro atoms. The van der Waals surface area contributed by atoms with Crippen LogP contribution in [0, 0.1) is 0 Å². The predicted molar refractivity (Wildman–Crippen MR) is 79.7 cm³/mol. The monoisotopic (exact) mass is 311 g/mol. The van der Waals surface area contributed by atoms with Gasteiger partial charge in [-0.1, -0.05) is 12.1 Å². The number of ether oxygens (including phenoxy) is 1. The van der Waals surface area contributed by atoms with E-state index in [0.29, 0.717) is 6.61 Å². The summed E-state index contributed by atoms with van der Waals surface area (Å²) in [4.78, 5) is 14.2. The standard InChI is InChI=1S/C15H21NO4S/c1-11(16(2)15(17)14-5-4-10-20-14)12-6-8-13(9-7-12)21(3,18)19/h6-9,11,14H,4-5,10H2,1-3H3/t11-,14-/m0/s1. The van der Waals surface area contributed by atoms with Crippen molar-refractivity contribution in [3.8, 4) is 0 Å². The third-order valence-corrected chi connectivity index (χ3v) is 5.05. The maximum Gasteiger partial charge on any atom is 0.251 e. The van der Waals surface area contributed by atoms with Crippen LogP contribution in [0.3, 0.4) is 0 Å². The zero-order valence-electron chi connectivity index (χ0n) is 12.6. The Labute approximate surface area is 125 Å². The molecule has 2 atom stereocenters. The highest BCUT2D eigenvalue weighted by atomic mass is 32.2. The fourth-order valence-corrected chi connectivity index (χ4v) is 3.04. The minimum atomic E-state index is -3.20. The normalized spacial score (nSPS) is 20.2. The molecule has 21 heavy (non-hydrogen) atoms. The van der Waals surface area contributed by atoms with Gasteiger partial charge < -0.3 is 9.64 Å². The maximum atomic E-state index is 12.3. The molecule has 0 bridgehead atoms. The maximum absolute atomic E-state index is 12.3. The smallest absolute Gasteiger partial charge is 0.251 e. The van der Waals surface area contributed by atoms with E-state index in [1.807, 2.05) is 6.92 Å². The number of sulfone groups is 1. The summed E-state index contributed by atoms with van der Waals surface area (Å²) in [5, 5.41) is 0. The summed E-state index contributed by atoms with van der Waals surface area (Å²) in [6.07, 6.45) is 2.52. The van der Waals surface area contributed by atoms with Crippen LogP contribution in [-0.2, 0) is 19.4 Å². The molecule has 116 valence electrons. The minimum Gasteiger partial charge on any atom is -0.368 e. The summed E-state index contributed by atoms with van der Waals surface area (Å²) < 4.78 is 28.3. The molecule has 0 radical (unpaired) electrons. The number of carbonyl (C=O) groups excluding carboxylic acids is 1. The molecule has 5 nitrogen and oxygen atoms in total. The number of benzene rings is 1. The van der Waals surface area contributed by atoms with Gasteiger partial charge in [0.25, 0.3) is 5.91 Å². The van der Waals surface area contributed by atoms with E-state index in [1.54, 1.807) is 36.2 Å². The van der Waals surface area contributed by atoms with Gasteiger partial charge in [0, 0.05) is 19.9 Å². The zero-order chi connectivity index (χ0) is 15.6. The van der Waals surface area contributed by atoms with Crippen molar-refractivity contribution in [3.05, 3.63) is 29.8 Å². The minimum absolute atomic E-state index is 0.0211. The van der Waals surface area contributed by atoms with Gasteiger partial charge in [0.1, 0.15) is 6.10 Å². The second-order valence-electron chi connectivity index (χ2n) is 5.47. The molecule has 0 aliphatic carbocycles. The van der Waals surface area contributed by atoms with E-state index in [-0.39, 0.29) is 22.9 Å². The molecular weight excluding hydrogens is 290 g/mol. The van der Waals surface area contributed by atoms with Crippen LogP contribution in [0.2, 0.25) is 0 Å². The molecule has 1 aliphatic heterocycles. The van der Waals surface area contributed by atoms with E-state index in [2.05, 4.69) is 0 Å². The van der Waals surface area contributed by atoms with E-state index >= 15 is 0 Å². The molecule has 1 amide bonds. The summed E-state index contributed by atoms with van der Waals surface area (Å²) in [6, 6.07) is 6.52. The molecule has 6 heteroatoms. The number of hydrogen-bond donors (Lipinski definition) is 0. The fraction of sp³-hybridized carbons (Fsp3) is 0.533. The Kier molecular flexibility index (Phi) is 4.68. The Hall–Kier alpha value is -1.40. The van der Waals surface area contributed by atoms with Gasteiger partial charge in [0.2, 0.25) is 0 Å². The first-order chi connectivity index (χ1) is 9.80. The van der Waals surface area contributed by atoms with Crippen molar-refractivity contribution in [2.24, 2.45) is 0 Å². The highest BCUT2D eigenvalue weighted by molar-refractivity contribution is 7.90. The Morgan fingerprint density at radius 3 is 2.43 bits per heavy atom. The molecule has 1 fully saturated rings. The van der Waals surface area contributed by atoms with Crippen molar-refractivity contribution in [1.29, 1.82) is 0 Å². The van der Waals surface area contributed by atoms with Crippen molar-refractivity contribution < 1.29 is 17.9 Å². The predicted octanol–water partition coefficient (Wildman–Crippen LogP) is 1.79.